The fourth-order valence-corrected chi connectivity index (χ4v) is 2.40. The molecule has 3 nitrogen and oxygen atoms in total. The number of aryl methyl sites for hydroxylation is 1. The minimum absolute atomic E-state index is 0.0994. The van der Waals surface area contributed by atoms with E-state index in [1.54, 1.807) is 7.11 Å². The van der Waals surface area contributed by atoms with Crippen molar-refractivity contribution < 1.29 is 9.84 Å². The third-order valence-corrected chi connectivity index (χ3v) is 3.38. The van der Waals surface area contributed by atoms with Crippen LogP contribution in [0.4, 0.5) is 5.69 Å². The first-order chi connectivity index (χ1) is 8.74. The Bertz CT molecular complexity index is 440. The lowest BCUT2D eigenvalue weighted by Gasteiger charge is -2.30. The standard InChI is InChI=1S/C15H21NO2/c1-12-3-4-15(14(9-12)10-17)16-7-5-13(6-8-16)11-18-2/h3-5,9,17H,6-8,10-11H2,1-2H3. The highest BCUT2D eigenvalue weighted by Gasteiger charge is 2.14. The number of aliphatic hydroxyl groups excluding tert-OH is 1. The summed E-state index contributed by atoms with van der Waals surface area (Å²) in [5, 5.41) is 9.45. The van der Waals surface area contributed by atoms with Gasteiger partial charge < -0.3 is 14.7 Å². The fraction of sp³-hybridized carbons (Fsp3) is 0.467. The zero-order chi connectivity index (χ0) is 13.0. The quantitative estimate of drug-likeness (QED) is 0.828. The molecule has 0 spiro atoms. The number of anilines is 1. The Hall–Kier alpha value is -1.32. The van der Waals surface area contributed by atoms with Gasteiger partial charge in [-0.1, -0.05) is 23.8 Å². The van der Waals surface area contributed by atoms with E-state index in [0.29, 0.717) is 0 Å². The highest BCUT2D eigenvalue weighted by molar-refractivity contribution is 5.56. The van der Waals surface area contributed by atoms with Crippen molar-refractivity contribution in [3.05, 3.63) is 41.0 Å². The molecular weight excluding hydrogens is 226 g/mol. The minimum atomic E-state index is 0.0994. The molecule has 0 fully saturated rings. The van der Waals surface area contributed by atoms with Crippen molar-refractivity contribution in [1.29, 1.82) is 0 Å². The summed E-state index contributed by atoms with van der Waals surface area (Å²) < 4.78 is 5.16. The number of rotatable bonds is 4. The molecule has 0 aliphatic carbocycles. The largest absolute Gasteiger partial charge is 0.392 e. The molecule has 98 valence electrons. The summed E-state index contributed by atoms with van der Waals surface area (Å²) in [4.78, 5) is 2.31. The molecule has 1 aliphatic rings. The van der Waals surface area contributed by atoms with Crippen LogP contribution >= 0.6 is 0 Å². The average molecular weight is 247 g/mol. The summed E-state index contributed by atoms with van der Waals surface area (Å²) >= 11 is 0. The second-order valence-electron chi connectivity index (χ2n) is 4.78. The molecule has 1 aromatic rings. The molecule has 1 aromatic carbocycles. The van der Waals surface area contributed by atoms with Gasteiger partial charge in [0.15, 0.2) is 0 Å². The monoisotopic (exact) mass is 247 g/mol. The van der Waals surface area contributed by atoms with Gasteiger partial charge >= 0.3 is 0 Å². The molecule has 0 bridgehead atoms. The van der Waals surface area contributed by atoms with Gasteiger partial charge in [-0.25, -0.2) is 0 Å². The van der Waals surface area contributed by atoms with Crippen LogP contribution < -0.4 is 4.90 Å². The number of nitrogens with zero attached hydrogens (tertiary/aromatic N) is 1. The second-order valence-corrected chi connectivity index (χ2v) is 4.78. The fourth-order valence-electron chi connectivity index (χ4n) is 2.40. The first kappa shape index (κ1) is 13.1. The highest BCUT2D eigenvalue weighted by Crippen LogP contribution is 2.25. The molecule has 0 aromatic heterocycles. The minimum Gasteiger partial charge on any atom is -0.392 e. The van der Waals surface area contributed by atoms with Gasteiger partial charge in [0, 0.05) is 31.5 Å². The molecule has 1 N–H and O–H groups in total. The molecule has 0 saturated carbocycles. The van der Waals surface area contributed by atoms with Gasteiger partial charge in [-0.2, -0.15) is 0 Å². The SMILES string of the molecule is COCC1=CCN(c2ccc(C)cc2CO)CC1. The molecule has 0 unspecified atom stereocenters. The predicted octanol–water partition coefficient (Wildman–Crippen LogP) is 2.27. The Morgan fingerprint density at radius 1 is 1.39 bits per heavy atom. The number of methoxy groups -OCH3 is 1. The van der Waals surface area contributed by atoms with Crippen LogP contribution in [0.3, 0.4) is 0 Å². The van der Waals surface area contributed by atoms with Gasteiger partial charge in [0.2, 0.25) is 0 Å². The normalized spacial score (nSPS) is 15.7. The van der Waals surface area contributed by atoms with Gasteiger partial charge in [-0.15, -0.1) is 0 Å². The Kier molecular flexibility index (Phi) is 4.39. The van der Waals surface area contributed by atoms with E-state index in [-0.39, 0.29) is 6.61 Å². The topological polar surface area (TPSA) is 32.7 Å². The zero-order valence-electron chi connectivity index (χ0n) is 11.1. The Morgan fingerprint density at radius 2 is 2.22 bits per heavy atom. The lowest BCUT2D eigenvalue weighted by Crippen LogP contribution is -2.30. The van der Waals surface area contributed by atoms with Crippen molar-refractivity contribution >= 4 is 5.69 Å². The third kappa shape index (κ3) is 2.92. The molecule has 1 heterocycles. The lowest BCUT2D eigenvalue weighted by molar-refractivity contribution is 0.222. The van der Waals surface area contributed by atoms with Gasteiger partial charge in [0.1, 0.15) is 0 Å². The van der Waals surface area contributed by atoms with Crippen molar-refractivity contribution in [3.63, 3.8) is 0 Å². The summed E-state index contributed by atoms with van der Waals surface area (Å²) in [6, 6.07) is 6.27. The number of hydrogen-bond acceptors (Lipinski definition) is 3. The molecule has 2 rings (SSSR count). The summed E-state index contributed by atoms with van der Waals surface area (Å²) in [6.45, 7) is 4.77. The second kappa shape index (κ2) is 6.03. The van der Waals surface area contributed by atoms with Crippen LogP contribution in [0.15, 0.2) is 29.8 Å². The van der Waals surface area contributed by atoms with Gasteiger partial charge in [0.25, 0.3) is 0 Å². The summed E-state index contributed by atoms with van der Waals surface area (Å²) in [5.41, 5.74) is 4.72. The van der Waals surface area contributed by atoms with E-state index in [2.05, 4.69) is 36.1 Å². The van der Waals surface area contributed by atoms with Crippen LogP contribution in [-0.2, 0) is 11.3 Å². The lowest BCUT2D eigenvalue weighted by atomic mass is 10.0. The van der Waals surface area contributed by atoms with Crippen LogP contribution in [0.2, 0.25) is 0 Å². The average Bonchev–Trinajstić information content (AvgIpc) is 2.40. The number of benzene rings is 1. The van der Waals surface area contributed by atoms with Crippen LogP contribution in [0.25, 0.3) is 0 Å². The van der Waals surface area contributed by atoms with Crippen LogP contribution in [-0.4, -0.2) is 31.9 Å². The molecule has 3 heteroatoms. The molecule has 18 heavy (non-hydrogen) atoms. The van der Waals surface area contributed by atoms with E-state index < -0.39 is 0 Å². The van der Waals surface area contributed by atoms with Gasteiger partial charge in [-0.3, -0.25) is 0 Å². The molecule has 1 aliphatic heterocycles. The van der Waals surface area contributed by atoms with Crippen molar-refractivity contribution in [3.8, 4) is 0 Å². The van der Waals surface area contributed by atoms with Crippen molar-refractivity contribution in [2.24, 2.45) is 0 Å². The van der Waals surface area contributed by atoms with E-state index in [9.17, 15) is 5.11 Å². The highest BCUT2D eigenvalue weighted by atomic mass is 16.5. The molecule has 0 saturated heterocycles. The maximum absolute atomic E-state index is 9.45. The number of aliphatic hydroxyl groups is 1. The van der Waals surface area contributed by atoms with Crippen molar-refractivity contribution in [1.82, 2.24) is 0 Å². The van der Waals surface area contributed by atoms with Gasteiger partial charge in [-0.05, 0) is 25.0 Å². The maximum atomic E-state index is 9.45. The maximum Gasteiger partial charge on any atom is 0.0702 e. The zero-order valence-corrected chi connectivity index (χ0v) is 11.1. The van der Waals surface area contributed by atoms with Crippen molar-refractivity contribution in [2.75, 3.05) is 31.7 Å². The Labute approximate surface area is 109 Å². The third-order valence-electron chi connectivity index (χ3n) is 3.38. The van der Waals surface area contributed by atoms with E-state index in [4.69, 9.17) is 4.74 Å². The van der Waals surface area contributed by atoms with Crippen LogP contribution in [0.5, 0.6) is 0 Å². The van der Waals surface area contributed by atoms with Crippen molar-refractivity contribution in [2.45, 2.75) is 20.0 Å². The summed E-state index contributed by atoms with van der Waals surface area (Å²) in [6.07, 6.45) is 3.26. The molecule has 0 atom stereocenters. The van der Waals surface area contributed by atoms with E-state index in [0.717, 1.165) is 37.4 Å². The number of hydrogen-bond donors (Lipinski definition) is 1. The van der Waals surface area contributed by atoms with E-state index in [1.165, 1.54) is 11.1 Å². The first-order valence-corrected chi connectivity index (χ1v) is 6.36. The first-order valence-electron chi connectivity index (χ1n) is 6.36. The number of ether oxygens (including phenoxy) is 1. The summed E-state index contributed by atoms with van der Waals surface area (Å²) in [5.74, 6) is 0. The van der Waals surface area contributed by atoms with E-state index in [1.807, 2.05) is 0 Å². The summed E-state index contributed by atoms with van der Waals surface area (Å²) in [7, 11) is 1.73. The van der Waals surface area contributed by atoms with Crippen LogP contribution in [0.1, 0.15) is 17.5 Å². The smallest absolute Gasteiger partial charge is 0.0702 e. The van der Waals surface area contributed by atoms with Gasteiger partial charge in [0.05, 0.1) is 13.2 Å². The molecular formula is C15H21NO2. The van der Waals surface area contributed by atoms with E-state index >= 15 is 0 Å². The Balaban J connectivity index is 2.14. The molecule has 0 radical (unpaired) electrons. The molecule has 0 amide bonds. The Morgan fingerprint density at radius 3 is 2.83 bits per heavy atom. The predicted molar refractivity (Wildman–Crippen MR) is 73.9 cm³/mol. The van der Waals surface area contributed by atoms with Crippen LogP contribution in [0, 0.1) is 6.92 Å².